The van der Waals surface area contributed by atoms with Crippen LogP contribution < -0.4 is 0 Å². The molecule has 0 atom stereocenters. The molecule has 0 aliphatic carbocycles. The second kappa shape index (κ2) is 7.68. The van der Waals surface area contributed by atoms with Gasteiger partial charge in [0.05, 0.1) is 6.01 Å². The van der Waals surface area contributed by atoms with E-state index in [1.54, 1.807) is 0 Å². The van der Waals surface area contributed by atoms with Crippen LogP contribution in [0.4, 0.5) is 0 Å². The van der Waals surface area contributed by atoms with Crippen LogP contribution in [0.25, 0.3) is 0 Å². The van der Waals surface area contributed by atoms with E-state index in [-0.39, 0.29) is 0 Å². The second-order valence-corrected chi connectivity index (χ2v) is 9.24. The molecule has 1 aliphatic heterocycles. The van der Waals surface area contributed by atoms with E-state index in [0.717, 1.165) is 5.56 Å². The molecule has 0 unspecified atom stereocenters. The first-order valence-electron chi connectivity index (χ1n) is 10.7. The van der Waals surface area contributed by atoms with Gasteiger partial charge in [0.2, 0.25) is 5.66 Å². The molecule has 3 rings (SSSR count). The van der Waals surface area contributed by atoms with Crippen molar-refractivity contribution >= 4 is 6.01 Å². The molecule has 0 fully saturated rings. The minimum atomic E-state index is -0.649. The number of benzene rings is 2. The Kier molecular flexibility index (Phi) is 5.64. The molecule has 2 nitrogen and oxygen atoms in total. The van der Waals surface area contributed by atoms with Crippen molar-refractivity contribution in [2.45, 2.75) is 84.7 Å². The standard InChI is InChI=1S/C26H34N2/c1-16(2)21-14-22(26(27-15-28-26)20-12-10-9-11-13-20)24(18(5)6)25(19(7)8)23(21)17(3)4/h9-14,16-19H,1-8H3. The predicted molar refractivity (Wildman–Crippen MR) is 120 cm³/mol. The highest BCUT2D eigenvalue weighted by molar-refractivity contribution is 5.63. The minimum absolute atomic E-state index is 0.401. The second-order valence-electron chi connectivity index (χ2n) is 9.24. The fourth-order valence-corrected chi connectivity index (χ4v) is 4.64. The van der Waals surface area contributed by atoms with E-state index in [1.807, 2.05) is 6.07 Å². The van der Waals surface area contributed by atoms with Crippen LogP contribution in [-0.4, -0.2) is 6.01 Å². The van der Waals surface area contributed by atoms with Crippen molar-refractivity contribution in [3.8, 4) is 0 Å². The lowest BCUT2D eigenvalue weighted by molar-refractivity contribution is 0.532. The van der Waals surface area contributed by atoms with Crippen LogP contribution in [0, 0.1) is 0 Å². The maximum atomic E-state index is 4.74. The van der Waals surface area contributed by atoms with Crippen LogP contribution in [-0.2, 0) is 5.66 Å². The third-order valence-corrected chi connectivity index (χ3v) is 5.81. The highest BCUT2D eigenvalue weighted by Crippen LogP contribution is 2.48. The zero-order valence-corrected chi connectivity index (χ0v) is 18.7. The number of nitrogens with zero attached hydrogens (tertiary/aromatic N) is 2. The molecular formula is C26H34N2. The molecule has 0 spiro atoms. The van der Waals surface area contributed by atoms with Crippen molar-refractivity contribution in [3.05, 3.63) is 69.8 Å². The molecule has 28 heavy (non-hydrogen) atoms. The monoisotopic (exact) mass is 374 g/mol. The molecule has 2 aromatic rings. The van der Waals surface area contributed by atoms with Crippen molar-refractivity contribution in [3.63, 3.8) is 0 Å². The summed E-state index contributed by atoms with van der Waals surface area (Å²) in [4.78, 5) is 9.49. The van der Waals surface area contributed by atoms with Gasteiger partial charge in [0.15, 0.2) is 0 Å². The normalized spacial score (nSPS) is 15.1. The first-order chi connectivity index (χ1) is 13.2. The first kappa shape index (κ1) is 20.6. The minimum Gasteiger partial charge on any atom is -0.184 e. The van der Waals surface area contributed by atoms with Gasteiger partial charge in [0.25, 0.3) is 0 Å². The number of hydrogen-bond acceptors (Lipinski definition) is 2. The molecule has 0 amide bonds. The fraction of sp³-hybridized carbons (Fsp3) is 0.500. The van der Waals surface area contributed by atoms with Crippen LogP contribution in [0.1, 0.15) is 112 Å². The summed E-state index contributed by atoms with van der Waals surface area (Å²) in [5, 5.41) is 0. The molecule has 1 heterocycles. The zero-order chi connectivity index (χ0) is 20.6. The highest BCUT2D eigenvalue weighted by Gasteiger charge is 2.41. The molecule has 2 aromatic carbocycles. The first-order valence-corrected chi connectivity index (χ1v) is 10.7. The summed E-state index contributed by atoms with van der Waals surface area (Å²) in [6.07, 6.45) is 0. The van der Waals surface area contributed by atoms with Gasteiger partial charge in [-0.2, -0.15) is 9.98 Å². The van der Waals surface area contributed by atoms with Crippen molar-refractivity contribution in [2.24, 2.45) is 9.98 Å². The molecule has 0 N–H and O–H groups in total. The van der Waals surface area contributed by atoms with E-state index >= 15 is 0 Å². The summed E-state index contributed by atoms with van der Waals surface area (Å²) < 4.78 is 0. The van der Waals surface area contributed by atoms with E-state index in [1.165, 1.54) is 27.8 Å². The van der Waals surface area contributed by atoms with Gasteiger partial charge in [-0.3, -0.25) is 0 Å². The van der Waals surface area contributed by atoms with Gasteiger partial charge in [-0.25, -0.2) is 0 Å². The van der Waals surface area contributed by atoms with Crippen LogP contribution in [0.2, 0.25) is 0 Å². The molecule has 0 saturated carbocycles. The van der Waals surface area contributed by atoms with Gasteiger partial charge < -0.3 is 0 Å². The van der Waals surface area contributed by atoms with Crippen molar-refractivity contribution in [1.82, 2.24) is 0 Å². The van der Waals surface area contributed by atoms with Crippen LogP contribution in [0.5, 0.6) is 0 Å². The maximum Gasteiger partial charge on any atom is 0.221 e. The number of aliphatic imine (C=N–C) groups is 2. The summed E-state index contributed by atoms with van der Waals surface area (Å²) in [7, 11) is 0. The van der Waals surface area contributed by atoms with Gasteiger partial charge in [-0.05, 0) is 45.9 Å². The topological polar surface area (TPSA) is 24.7 Å². The lowest BCUT2D eigenvalue weighted by atomic mass is 9.72. The summed E-state index contributed by atoms with van der Waals surface area (Å²) >= 11 is 0. The highest BCUT2D eigenvalue weighted by atomic mass is 15.2. The molecule has 148 valence electrons. The van der Waals surface area contributed by atoms with Gasteiger partial charge >= 0.3 is 0 Å². The Labute approximate surface area is 170 Å². The number of rotatable bonds is 6. The third kappa shape index (κ3) is 3.25. The van der Waals surface area contributed by atoms with E-state index in [9.17, 15) is 0 Å². The van der Waals surface area contributed by atoms with Gasteiger partial charge in [-0.15, -0.1) is 0 Å². The van der Waals surface area contributed by atoms with Gasteiger partial charge in [0, 0.05) is 11.1 Å². The summed E-state index contributed by atoms with van der Waals surface area (Å²) in [6, 6.07) is 15.7. The summed E-state index contributed by atoms with van der Waals surface area (Å²) in [5.41, 5.74) is 7.59. The average Bonchev–Trinajstić information content (AvgIpc) is 2.59. The van der Waals surface area contributed by atoms with Crippen molar-refractivity contribution in [1.29, 1.82) is 0 Å². The lowest BCUT2D eigenvalue weighted by Gasteiger charge is -2.36. The van der Waals surface area contributed by atoms with Gasteiger partial charge in [-0.1, -0.05) is 91.8 Å². The third-order valence-electron chi connectivity index (χ3n) is 5.81. The number of hydrogen-bond donors (Lipinski definition) is 0. The Morgan fingerprint density at radius 1 is 0.679 bits per heavy atom. The van der Waals surface area contributed by atoms with Crippen LogP contribution in [0.15, 0.2) is 46.4 Å². The fourth-order valence-electron chi connectivity index (χ4n) is 4.64. The summed E-state index contributed by atoms with van der Waals surface area (Å²) in [6.45, 7) is 18.5. The van der Waals surface area contributed by atoms with Crippen molar-refractivity contribution in [2.75, 3.05) is 0 Å². The lowest BCUT2D eigenvalue weighted by Crippen LogP contribution is -2.30. The molecule has 0 radical (unpaired) electrons. The zero-order valence-electron chi connectivity index (χ0n) is 18.7. The van der Waals surface area contributed by atoms with Crippen molar-refractivity contribution < 1.29 is 0 Å². The largest absolute Gasteiger partial charge is 0.221 e. The van der Waals surface area contributed by atoms with E-state index < -0.39 is 5.66 Å². The smallest absolute Gasteiger partial charge is 0.184 e. The molecule has 0 saturated heterocycles. The SMILES string of the molecule is CC(C)c1cc(C2(c3ccccc3)N=C=N2)c(C(C)C)c(C(C)C)c1C(C)C. The Morgan fingerprint density at radius 2 is 1.21 bits per heavy atom. The average molecular weight is 375 g/mol. The van der Waals surface area contributed by atoms with E-state index in [4.69, 9.17) is 9.98 Å². The Morgan fingerprint density at radius 3 is 1.61 bits per heavy atom. The Bertz CT molecular complexity index is 903. The van der Waals surface area contributed by atoms with E-state index in [0.29, 0.717) is 23.7 Å². The maximum absolute atomic E-state index is 4.74. The van der Waals surface area contributed by atoms with Crippen LogP contribution >= 0.6 is 0 Å². The quantitative estimate of drug-likeness (QED) is 0.498. The van der Waals surface area contributed by atoms with Crippen LogP contribution in [0.3, 0.4) is 0 Å². The Balaban J connectivity index is 2.43. The Hall–Kier alpha value is -2.18. The molecule has 0 aromatic heterocycles. The predicted octanol–water partition coefficient (Wildman–Crippen LogP) is 7.57. The molecule has 2 heteroatoms. The van der Waals surface area contributed by atoms with Gasteiger partial charge in [0.1, 0.15) is 0 Å². The summed E-state index contributed by atoms with van der Waals surface area (Å²) in [5.74, 6) is 1.80. The molecular weight excluding hydrogens is 340 g/mol. The molecule has 1 aliphatic rings. The van der Waals surface area contributed by atoms with E-state index in [2.05, 4.69) is 91.7 Å². The molecule has 0 bridgehead atoms.